The summed E-state index contributed by atoms with van der Waals surface area (Å²) in [5.74, 6) is -0.0702. The molecular formula is C20H27Cl2N3O2. The number of nitrogens with one attached hydrogen (secondary N) is 1. The second-order valence-corrected chi connectivity index (χ2v) is 7.21. The Hall–Kier alpha value is -1.98. The first-order chi connectivity index (χ1) is 12.7. The van der Waals surface area contributed by atoms with Crippen LogP contribution >= 0.6 is 23.2 Å². The highest BCUT2D eigenvalue weighted by Gasteiger charge is 2.19. The highest BCUT2D eigenvalue weighted by Crippen LogP contribution is 2.35. The Morgan fingerprint density at radius 2 is 1.89 bits per heavy atom. The molecule has 5 nitrogen and oxygen atoms in total. The molecule has 148 valence electrons. The maximum atomic E-state index is 11.6. The molecule has 1 heterocycles. The lowest BCUT2D eigenvalue weighted by atomic mass is 9.96. The average Bonchev–Trinajstić information content (AvgIpc) is 2.65. The summed E-state index contributed by atoms with van der Waals surface area (Å²) in [5, 5.41) is 3.57. The van der Waals surface area contributed by atoms with Gasteiger partial charge in [0.1, 0.15) is 0 Å². The lowest BCUT2D eigenvalue weighted by molar-refractivity contribution is -0.128. The van der Waals surface area contributed by atoms with Gasteiger partial charge in [0, 0.05) is 32.1 Å². The van der Waals surface area contributed by atoms with Crippen LogP contribution in [-0.4, -0.2) is 36.9 Å². The lowest BCUT2D eigenvalue weighted by Gasteiger charge is -2.26. The maximum Gasteiger partial charge on any atom is 0.224 e. The summed E-state index contributed by atoms with van der Waals surface area (Å²) in [5.41, 5.74) is 8.76. The number of hydrogen-bond donors (Lipinski definition) is 2. The van der Waals surface area contributed by atoms with Crippen molar-refractivity contribution >= 4 is 40.6 Å². The van der Waals surface area contributed by atoms with Gasteiger partial charge in [-0.1, -0.05) is 40.9 Å². The molecule has 0 unspecified atom stereocenters. The molecule has 0 saturated heterocycles. The standard InChI is InChI=1S/C16H18Cl2N2O2.C4H9N/c1-10(21)20-7-5-11(6-8-20)12-3-4-14(17)13(16(12)18)9-15(22)19-2;1-4(2)3-5/h3-5H,6-9H2,1-2H3,(H,19,22);3H,5H2,1-2H3. The number of rotatable bonds is 3. The third-order valence-corrected chi connectivity index (χ3v) is 4.92. The largest absolute Gasteiger partial charge is 0.405 e. The van der Waals surface area contributed by atoms with Crippen molar-refractivity contribution in [1.29, 1.82) is 0 Å². The quantitative estimate of drug-likeness (QED) is 0.793. The van der Waals surface area contributed by atoms with Gasteiger partial charge in [-0.15, -0.1) is 0 Å². The van der Waals surface area contributed by atoms with Crippen LogP contribution in [0.25, 0.3) is 5.57 Å². The van der Waals surface area contributed by atoms with E-state index >= 15 is 0 Å². The number of allylic oxidation sites excluding steroid dienone is 1. The van der Waals surface area contributed by atoms with E-state index in [0.29, 0.717) is 28.7 Å². The van der Waals surface area contributed by atoms with Gasteiger partial charge in [0.2, 0.25) is 11.8 Å². The van der Waals surface area contributed by atoms with Crippen LogP contribution in [0, 0.1) is 0 Å². The van der Waals surface area contributed by atoms with Crippen LogP contribution in [0.1, 0.15) is 38.3 Å². The first kappa shape index (κ1) is 23.1. The van der Waals surface area contributed by atoms with Crippen LogP contribution in [0.2, 0.25) is 10.0 Å². The van der Waals surface area contributed by atoms with E-state index in [-0.39, 0.29) is 18.2 Å². The Kier molecular flexibility index (Phi) is 9.39. The van der Waals surface area contributed by atoms with Crippen molar-refractivity contribution in [3.05, 3.63) is 51.2 Å². The van der Waals surface area contributed by atoms with Crippen LogP contribution in [0.15, 0.2) is 30.0 Å². The van der Waals surface area contributed by atoms with Gasteiger partial charge in [0.15, 0.2) is 0 Å². The number of likely N-dealkylation sites (N-methyl/N-ethyl adjacent to an activating group) is 1. The van der Waals surface area contributed by atoms with Crippen molar-refractivity contribution in [2.45, 2.75) is 33.6 Å². The molecule has 0 aliphatic carbocycles. The van der Waals surface area contributed by atoms with Crippen LogP contribution in [-0.2, 0) is 16.0 Å². The second kappa shape index (κ2) is 11.0. The molecule has 0 fully saturated rings. The molecule has 0 saturated carbocycles. The summed E-state index contributed by atoms with van der Waals surface area (Å²) in [4.78, 5) is 24.8. The Morgan fingerprint density at radius 3 is 2.33 bits per heavy atom. The number of carbonyl (C=O) groups excluding carboxylic acids is 2. The van der Waals surface area contributed by atoms with Crippen LogP contribution in [0.4, 0.5) is 0 Å². The van der Waals surface area contributed by atoms with Gasteiger partial charge < -0.3 is 16.0 Å². The number of carbonyl (C=O) groups is 2. The number of amides is 2. The third-order valence-electron chi connectivity index (χ3n) is 4.14. The Morgan fingerprint density at radius 1 is 1.26 bits per heavy atom. The molecule has 1 aliphatic heterocycles. The molecule has 1 aromatic carbocycles. The fraction of sp³-hybridized carbons (Fsp3) is 0.400. The molecule has 0 atom stereocenters. The summed E-state index contributed by atoms with van der Waals surface area (Å²) in [6, 6.07) is 3.63. The predicted molar refractivity (Wildman–Crippen MR) is 113 cm³/mol. The van der Waals surface area contributed by atoms with Crippen molar-refractivity contribution in [2.24, 2.45) is 5.73 Å². The zero-order valence-corrected chi connectivity index (χ0v) is 17.7. The van der Waals surface area contributed by atoms with E-state index in [1.54, 1.807) is 31.1 Å². The van der Waals surface area contributed by atoms with E-state index in [9.17, 15) is 9.59 Å². The molecule has 2 amide bonds. The summed E-state index contributed by atoms with van der Waals surface area (Å²) in [6.07, 6.45) is 4.47. The Bertz CT molecular complexity index is 754. The van der Waals surface area contributed by atoms with E-state index in [1.165, 1.54) is 0 Å². The summed E-state index contributed by atoms with van der Waals surface area (Å²) < 4.78 is 0. The number of nitrogens with two attached hydrogens (primary N) is 1. The molecule has 27 heavy (non-hydrogen) atoms. The third kappa shape index (κ3) is 6.92. The Labute approximate surface area is 171 Å². The molecule has 1 aliphatic rings. The van der Waals surface area contributed by atoms with Crippen molar-refractivity contribution < 1.29 is 9.59 Å². The van der Waals surface area contributed by atoms with Gasteiger partial charge in [-0.25, -0.2) is 0 Å². The smallest absolute Gasteiger partial charge is 0.224 e. The van der Waals surface area contributed by atoms with E-state index in [2.05, 4.69) is 5.32 Å². The van der Waals surface area contributed by atoms with Crippen LogP contribution < -0.4 is 11.1 Å². The topological polar surface area (TPSA) is 75.4 Å². The van der Waals surface area contributed by atoms with Crippen LogP contribution in [0.3, 0.4) is 0 Å². The molecule has 1 aromatic rings. The molecule has 2 rings (SSSR count). The minimum Gasteiger partial charge on any atom is -0.405 e. The number of halogens is 2. The van der Waals surface area contributed by atoms with E-state index in [0.717, 1.165) is 23.1 Å². The maximum absolute atomic E-state index is 11.6. The number of hydrogen-bond acceptors (Lipinski definition) is 3. The minimum absolute atomic E-state index is 0.0674. The van der Waals surface area contributed by atoms with Gasteiger partial charge in [0.25, 0.3) is 0 Å². The zero-order valence-electron chi connectivity index (χ0n) is 16.2. The fourth-order valence-corrected chi connectivity index (χ4v) is 3.08. The van der Waals surface area contributed by atoms with E-state index < -0.39 is 0 Å². The van der Waals surface area contributed by atoms with Gasteiger partial charge in [0.05, 0.1) is 11.4 Å². The van der Waals surface area contributed by atoms with E-state index in [4.69, 9.17) is 28.9 Å². The molecule has 0 spiro atoms. The van der Waals surface area contributed by atoms with Crippen LogP contribution in [0.5, 0.6) is 0 Å². The van der Waals surface area contributed by atoms with Crippen molar-refractivity contribution in [3.63, 3.8) is 0 Å². The molecule has 7 heteroatoms. The second-order valence-electron chi connectivity index (χ2n) is 6.43. The molecule has 3 N–H and O–H groups in total. The average molecular weight is 412 g/mol. The first-order valence-electron chi connectivity index (χ1n) is 8.68. The normalized spacial score (nSPS) is 13.1. The van der Waals surface area contributed by atoms with Crippen molar-refractivity contribution in [1.82, 2.24) is 10.2 Å². The summed E-state index contributed by atoms with van der Waals surface area (Å²) >= 11 is 12.6. The highest BCUT2D eigenvalue weighted by molar-refractivity contribution is 6.37. The molecule has 0 radical (unpaired) electrons. The van der Waals surface area contributed by atoms with Gasteiger partial charge in [-0.2, -0.15) is 0 Å². The predicted octanol–water partition coefficient (Wildman–Crippen LogP) is 3.79. The number of benzene rings is 1. The van der Waals surface area contributed by atoms with E-state index in [1.807, 2.05) is 26.0 Å². The highest BCUT2D eigenvalue weighted by atomic mass is 35.5. The van der Waals surface area contributed by atoms with Gasteiger partial charge in [-0.3, -0.25) is 9.59 Å². The molecular weight excluding hydrogens is 385 g/mol. The summed E-state index contributed by atoms with van der Waals surface area (Å²) in [6.45, 7) is 6.73. The molecule has 0 bridgehead atoms. The molecule has 0 aromatic heterocycles. The lowest BCUT2D eigenvalue weighted by Crippen LogP contribution is -2.32. The number of nitrogens with zero attached hydrogens (tertiary/aromatic N) is 1. The van der Waals surface area contributed by atoms with Crippen molar-refractivity contribution in [3.8, 4) is 0 Å². The van der Waals surface area contributed by atoms with Crippen molar-refractivity contribution in [2.75, 3.05) is 20.1 Å². The van der Waals surface area contributed by atoms with Gasteiger partial charge >= 0.3 is 0 Å². The SMILES string of the molecule is CC(C)=CN.CNC(=O)Cc1c(Cl)ccc(C2=CCN(C(C)=O)CC2)c1Cl. The first-order valence-corrected chi connectivity index (χ1v) is 9.44. The monoisotopic (exact) mass is 411 g/mol. The van der Waals surface area contributed by atoms with Gasteiger partial charge in [-0.05, 0) is 49.2 Å². The zero-order chi connectivity index (χ0) is 20.6. The Balaban J connectivity index is 0.000000646. The summed E-state index contributed by atoms with van der Waals surface area (Å²) in [7, 11) is 1.58. The minimum atomic E-state index is -0.138. The fourth-order valence-electron chi connectivity index (χ4n) is 2.46.